The molecule has 1 aromatic carbocycles. The van der Waals surface area contributed by atoms with Gasteiger partial charge in [0.05, 0.1) is 0 Å². The lowest BCUT2D eigenvalue weighted by Gasteiger charge is -2.27. The number of aryl methyl sites for hydroxylation is 1. The van der Waals surface area contributed by atoms with Gasteiger partial charge in [-0.05, 0) is 49.8 Å². The summed E-state index contributed by atoms with van der Waals surface area (Å²) in [5.74, 6) is 1.22. The van der Waals surface area contributed by atoms with Crippen LogP contribution >= 0.6 is 11.8 Å². The molecule has 0 fully saturated rings. The van der Waals surface area contributed by atoms with E-state index in [0.717, 1.165) is 13.1 Å². The standard InChI is InChI=1S/C16H26N2S/c1-4-15(12-19-3)18(2)11-13-7-8-16-14(10-13)6-5-9-17-16/h7-8,10,15,17H,4-6,9,11-12H2,1-3H3. The Hall–Kier alpha value is -0.670. The van der Waals surface area contributed by atoms with Crippen molar-refractivity contribution in [2.24, 2.45) is 0 Å². The van der Waals surface area contributed by atoms with Gasteiger partial charge in [-0.15, -0.1) is 0 Å². The maximum atomic E-state index is 3.48. The average Bonchev–Trinajstić information content (AvgIpc) is 2.44. The van der Waals surface area contributed by atoms with Crippen molar-refractivity contribution in [3.8, 4) is 0 Å². The Morgan fingerprint density at radius 2 is 2.26 bits per heavy atom. The quantitative estimate of drug-likeness (QED) is 0.855. The van der Waals surface area contributed by atoms with Gasteiger partial charge >= 0.3 is 0 Å². The monoisotopic (exact) mass is 278 g/mol. The number of anilines is 1. The predicted molar refractivity (Wildman–Crippen MR) is 87.2 cm³/mol. The van der Waals surface area contributed by atoms with Crippen LogP contribution in [0.5, 0.6) is 0 Å². The first kappa shape index (κ1) is 14.7. The van der Waals surface area contributed by atoms with Gasteiger partial charge in [0, 0.05) is 30.6 Å². The second-order valence-electron chi connectivity index (χ2n) is 5.45. The fourth-order valence-corrected chi connectivity index (χ4v) is 3.67. The van der Waals surface area contributed by atoms with Crippen LogP contribution in [0.25, 0.3) is 0 Å². The summed E-state index contributed by atoms with van der Waals surface area (Å²) >= 11 is 1.94. The van der Waals surface area contributed by atoms with Crippen LogP contribution in [0.15, 0.2) is 18.2 Å². The fraction of sp³-hybridized carbons (Fsp3) is 0.625. The van der Waals surface area contributed by atoms with Crippen LogP contribution in [0, 0.1) is 0 Å². The van der Waals surface area contributed by atoms with Crippen LogP contribution in [0.4, 0.5) is 5.69 Å². The van der Waals surface area contributed by atoms with E-state index in [1.807, 2.05) is 11.8 Å². The molecule has 0 radical (unpaired) electrons. The number of hydrogen-bond acceptors (Lipinski definition) is 3. The van der Waals surface area contributed by atoms with Crippen LogP contribution in [-0.4, -0.2) is 36.5 Å². The molecule has 0 saturated heterocycles. The molecule has 1 aliphatic rings. The lowest BCUT2D eigenvalue weighted by molar-refractivity contribution is 0.248. The molecule has 1 N–H and O–H groups in total. The van der Waals surface area contributed by atoms with Gasteiger partial charge in [-0.1, -0.05) is 19.1 Å². The number of nitrogens with one attached hydrogen (secondary N) is 1. The minimum atomic E-state index is 0.684. The Morgan fingerprint density at radius 3 is 3.00 bits per heavy atom. The molecule has 0 bridgehead atoms. The lowest BCUT2D eigenvalue weighted by Crippen LogP contribution is -2.32. The van der Waals surface area contributed by atoms with Crippen LogP contribution in [0.3, 0.4) is 0 Å². The predicted octanol–water partition coefficient (Wildman–Crippen LogP) is 3.62. The fourth-order valence-electron chi connectivity index (χ4n) is 2.79. The highest BCUT2D eigenvalue weighted by molar-refractivity contribution is 7.98. The van der Waals surface area contributed by atoms with Crippen LogP contribution < -0.4 is 5.32 Å². The molecule has 1 aromatic rings. The summed E-state index contributed by atoms with van der Waals surface area (Å²) in [6.45, 7) is 4.47. The van der Waals surface area contributed by atoms with E-state index in [9.17, 15) is 0 Å². The van der Waals surface area contributed by atoms with Crippen molar-refractivity contribution >= 4 is 17.4 Å². The largest absolute Gasteiger partial charge is 0.385 e. The Balaban J connectivity index is 2.02. The van der Waals surface area contributed by atoms with Crippen LogP contribution in [0.1, 0.15) is 30.9 Å². The Morgan fingerprint density at radius 1 is 1.42 bits per heavy atom. The zero-order chi connectivity index (χ0) is 13.7. The van der Waals surface area contributed by atoms with Gasteiger partial charge in [0.2, 0.25) is 0 Å². The van der Waals surface area contributed by atoms with Gasteiger partial charge in [-0.2, -0.15) is 11.8 Å². The summed E-state index contributed by atoms with van der Waals surface area (Å²) in [5.41, 5.74) is 4.29. The number of nitrogens with zero attached hydrogens (tertiary/aromatic N) is 1. The molecule has 1 heterocycles. The number of rotatable bonds is 6. The molecule has 3 heteroatoms. The summed E-state index contributed by atoms with van der Waals surface area (Å²) in [6, 6.07) is 7.61. The van der Waals surface area contributed by atoms with Gasteiger partial charge in [0.15, 0.2) is 0 Å². The van der Waals surface area contributed by atoms with Crippen molar-refractivity contribution in [1.29, 1.82) is 0 Å². The van der Waals surface area contributed by atoms with Gasteiger partial charge in [-0.3, -0.25) is 4.90 Å². The molecule has 0 aromatic heterocycles. The molecule has 1 unspecified atom stereocenters. The van der Waals surface area contributed by atoms with Gasteiger partial charge in [0.1, 0.15) is 0 Å². The summed E-state index contributed by atoms with van der Waals surface area (Å²) in [4.78, 5) is 2.49. The number of thioether (sulfide) groups is 1. The highest BCUT2D eigenvalue weighted by Gasteiger charge is 2.14. The molecular formula is C16H26N2S. The smallest absolute Gasteiger partial charge is 0.0372 e. The Kier molecular flexibility index (Phi) is 5.59. The summed E-state index contributed by atoms with van der Waals surface area (Å²) in [7, 11) is 2.25. The molecule has 0 aliphatic carbocycles. The van der Waals surface area contributed by atoms with Gasteiger partial charge in [0.25, 0.3) is 0 Å². The third-order valence-corrected chi connectivity index (χ3v) is 4.71. The molecule has 1 aliphatic heterocycles. The molecule has 19 heavy (non-hydrogen) atoms. The summed E-state index contributed by atoms with van der Waals surface area (Å²) in [5, 5.41) is 3.48. The second-order valence-corrected chi connectivity index (χ2v) is 6.37. The molecule has 0 amide bonds. The highest BCUT2D eigenvalue weighted by Crippen LogP contribution is 2.24. The van der Waals surface area contributed by atoms with Crippen molar-refractivity contribution in [3.63, 3.8) is 0 Å². The van der Waals surface area contributed by atoms with Crippen molar-refractivity contribution < 1.29 is 0 Å². The van der Waals surface area contributed by atoms with E-state index in [-0.39, 0.29) is 0 Å². The first-order valence-electron chi connectivity index (χ1n) is 7.29. The van der Waals surface area contributed by atoms with Crippen LogP contribution in [-0.2, 0) is 13.0 Å². The second kappa shape index (κ2) is 7.20. The third kappa shape index (κ3) is 3.90. The normalized spacial score (nSPS) is 16.0. The number of fused-ring (bicyclic) bond motifs is 1. The van der Waals surface area contributed by atoms with E-state index >= 15 is 0 Å². The average molecular weight is 278 g/mol. The van der Waals surface area contributed by atoms with E-state index in [4.69, 9.17) is 0 Å². The zero-order valence-electron chi connectivity index (χ0n) is 12.4. The van der Waals surface area contributed by atoms with E-state index in [0.29, 0.717) is 6.04 Å². The van der Waals surface area contributed by atoms with E-state index in [1.54, 1.807) is 0 Å². The number of benzene rings is 1. The minimum Gasteiger partial charge on any atom is -0.385 e. The van der Waals surface area contributed by atoms with Crippen molar-refractivity contribution in [1.82, 2.24) is 4.90 Å². The molecule has 106 valence electrons. The Labute approximate surface area is 122 Å². The first-order chi connectivity index (χ1) is 9.24. The summed E-state index contributed by atoms with van der Waals surface area (Å²) < 4.78 is 0. The molecule has 1 atom stereocenters. The van der Waals surface area contributed by atoms with E-state index in [1.165, 1.54) is 41.8 Å². The maximum Gasteiger partial charge on any atom is 0.0372 e. The first-order valence-corrected chi connectivity index (χ1v) is 8.68. The summed E-state index contributed by atoms with van der Waals surface area (Å²) in [6.07, 6.45) is 5.91. The van der Waals surface area contributed by atoms with Crippen molar-refractivity contribution in [2.75, 3.05) is 30.9 Å². The van der Waals surface area contributed by atoms with Crippen molar-refractivity contribution in [2.45, 2.75) is 38.8 Å². The number of hydrogen-bond donors (Lipinski definition) is 1. The van der Waals surface area contributed by atoms with Crippen molar-refractivity contribution in [3.05, 3.63) is 29.3 Å². The molecule has 0 saturated carbocycles. The topological polar surface area (TPSA) is 15.3 Å². The van der Waals surface area contributed by atoms with E-state index in [2.05, 4.69) is 48.6 Å². The SMILES string of the molecule is CCC(CSC)N(C)Cc1ccc2c(c1)CCCN2. The molecular weight excluding hydrogens is 252 g/mol. The molecule has 2 rings (SSSR count). The van der Waals surface area contributed by atoms with E-state index < -0.39 is 0 Å². The van der Waals surface area contributed by atoms with Gasteiger partial charge < -0.3 is 5.32 Å². The molecule has 2 nitrogen and oxygen atoms in total. The highest BCUT2D eigenvalue weighted by atomic mass is 32.2. The Bertz CT molecular complexity index is 406. The lowest BCUT2D eigenvalue weighted by atomic mass is 10.0. The van der Waals surface area contributed by atoms with Crippen LogP contribution in [0.2, 0.25) is 0 Å². The minimum absolute atomic E-state index is 0.684. The third-order valence-electron chi connectivity index (χ3n) is 3.99. The molecule has 0 spiro atoms. The zero-order valence-corrected chi connectivity index (χ0v) is 13.2. The van der Waals surface area contributed by atoms with Gasteiger partial charge in [-0.25, -0.2) is 0 Å². The maximum absolute atomic E-state index is 3.48.